The fourth-order valence-corrected chi connectivity index (χ4v) is 7.67. The molecule has 27 heteroatoms. The predicted octanol–water partition coefficient (Wildman–Crippen LogP) is -10.6. The van der Waals surface area contributed by atoms with Gasteiger partial charge in [0.15, 0.2) is 31.5 Å². The van der Waals surface area contributed by atoms with E-state index in [1.165, 1.54) is 6.92 Å². The predicted molar refractivity (Wildman–Crippen MR) is 188 cm³/mol. The van der Waals surface area contributed by atoms with Gasteiger partial charge in [0.05, 0.1) is 32.5 Å². The highest BCUT2D eigenvalue weighted by molar-refractivity contribution is 5.73. The fourth-order valence-electron chi connectivity index (χ4n) is 7.67. The Labute approximate surface area is 346 Å². The van der Waals surface area contributed by atoms with Gasteiger partial charge < -0.3 is 125 Å². The van der Waals surface area contributed by atoms with E-state index in [1.54, 1.807) is 0 Å². The number of carbonyl (C=O) groups is 2. The Morgan fingerprint density at radius 1 is 0.459 bits per heavy atom. The summed E-state index contributed by atoms with van der Waals surface area (Å²) >= 11 is 0. The molecule has 0 bridgehead atoms. The SMILES string of the molecule is CC(=O)N[C@H]1[C@H](O[C@H]2[C@H](O[C@H]3O[C@H](C)[C@H](O)[C@H](O)[C@H]3O)[C@@H](NC(C)=O)C(O)O[C@@H]2CO)O[C@H](CO)[C@@H](O[C@H]2O[C@@H](CO[C@@H]3O[C@@H](CO)[C@H](O)[C@@H](O)[C@H]3O)[C@H](O)[C@@H](O)[C@H]2O)[C@@H]1O. The summed E-state index contributed by atoms with van der Waals surface area (Å²) in [5, 5.41) is 152. The van der Waals surface area contributed by atoms with Gasteiger partial charge in [-0.1, -0.05) is 0 Å². The smallest absolute Gasteiger partial charge is 0.217 e. The number of rotatable bonds is 14. The van der Waals surface area contributed by atoms with Gasteiger partial charge in [0.2, 0.25) is 11.8 Å². The summed E-state index contributed by atoms with van der Waals surface area (Å²) in [6.07, 6.45) is -40.2. The van der Waals surface area contributed by atoms with Gasteiger partial charge in [-0.15, -0.1) is 0 Å². The van der Waals surface area contributed by atoms with E-state index < -0.39 is 192 Å². The first kappa shape index (κ1) is 50.0. The normalized spacial score (nSPS) is 49.6. The van der Waals surface area contributed by atoms with Gasteiger partial charge in [-0.2, -0.15) is 0 Å². The van der Waals surface area contributed by atoms with Crippen LogP contribution in [0.2, 0.25) is 0 Å². The van der Waals surface area contributed by atoms with Gasteiger partial charge >= 0.3 is 0 Å². The van der Waals surface area contributed by atoms with Crippen molar-refractivity contribution in [3.05, 3.63) is 0 Å². The number of ether oxygens (including phenoxy) is 9. The van der Waals surface area contributed by atoms with Gasteiger partial charge in [-0.25, -0.2) is 0 Å². The molecule has 5 aliphatic heterocycles. The Kier molecular flexibility index (Phi) is 17.5. The van der Waals surface area contributed by atoms with Gasteiger partial charge in [-0.05, 0) is 6.92 Å². The third kappa shape index (κ3) is 10.9. The lowest BCUT2D eigenvalue weighted by Gasteiger charge is -2.51. The first-order valence-electron chi connectivity index (χ1n) is 19.4. The number of carbonyl (C=O) groups excluding carboxylic acids is 2. The highest BCUT2D eigenvalue weighted by atomic mass is 16.8. The molecule has 5 heterocycles. The molecule has 354 valence electrons. The van der Waals surface area contributed by atoms with Crippen molar-refractivity contribution < 1.29 is 124 Å². The quantitative estimate of drug-likeness (QED) is 0.0770. The molecule has 0 aromatic rings. The average molecular weight is 895 g/mol. The van der Waals surface area contributed by atoms with E-state index in [0.29, 0.717) is 0 Å². The summed E-state index contributed by atoms with van der Waals surface area (Å²) in [5.74, 6) is -1.52. The van der Waals surface area contributed by atoms with E-state index in [0.717, 1.165) is 13.8 Å². The lowest BCUT2D eigenvalue weighted by Crippen LogP contribution is -2.71. The maximum atomic E-state index is 12.5. The minimum Gasteiger partial charge on any atom is -0.394 e. The van der Waals surface area contributed by atoms with Crippen LogP contribution in [0.1, 0.15) is 20.8 Å². The van der Waals surface area contributed by atoms with Crippen molar-refractivity contribution in [3.63, 3.8) is 0 Å². The second-order valence-corrected chi connectivity index (χ2v) is 15.4. The number of amides is 2. The van der Waals surface area contributed by atoms with E-state index in [1.807, 2.05) is 0 Å². The number of hydrogen-bond donors (Lipinski definition) is 16. The second kappa shape index (κ2) is 21.3. The van der Waals surface area contributed by atoms with Crippen LogP contribution in [0.5, 0.6) is 0 Å². The molecule has 0 saturated carbocycles. The molecule has 1 unspecified atom stereocenters. The lowest BCUT2D eigenvalue weighted by atomic mass is 9.93. The largest absolute Gasteiger partial charge is 0.394 e. The monoisotopic (exact) mass is 894 g/mol. The molecule has 0 radical (unpaired) electrons. The molecule has 0 aliphatic carbocycles. The first-order valence-corrected chi connectivity index (χ1v) is 19.4. The molecule has 16 N–H and O–H groups in total. The molecular formula is C34H58N2O25. The van der Waals surface area contributed by atoms with Gasteiger partial charge in [0, 0.05) is 13.8 Å². The minimum absolute atomic E-state index is 0.732. The van der Waals surface area contributed by atoms with E-state index in [2.05, 4.69) is 10.6 Å². The molecule has 5 aliphatic rings. The van der Waals surface area contributed by atoms with Crippen molar-refractivity contribution in [2.24, 2.45) is 0 Å². The molecule has 61 heavy (non-hydrogen) atoms. The molecule has 2 amide bonds. The Hall–Kier alpha value is -1.98. The number of hydrogen-bond acceptors (Lipinski definition) is 25. The van der Waals surface area contributed by atoms with Crippen LogP contribution in [0, 0.1) is 0 Å². The average Bonchev–Trinajstić information content (AvgIpc) is 3.22. The second-order valence-electron chi connectivity index (χ2n) is 15.4. The number of nitrogens with one attached hydrogen (secondary N) is 2. The first-order chi connectivity index (χ1) is 28.7. The standard InChI is InChI=1S/C34H58N2O25/c1-8-17(42)21(46)25(50)33(54-8)61-29-16(36-10(3)41)30(52)55-13(6-39)28(29)60-31-15(35-9(2)40)20(45)27(12(5-38)57-31)59-34-26(51)23(48)19(44)14(58-34)7-53-32-24(49)22(47)18(43)11(4-37)56-32/h8,11-34,37-39,42-52H,4-7H2,1-3H3,(H,35,40)(H,36,41)/t8-,11+,12-,13-,14+,15-,16-,17+,18+,19+,20-,21+,22-,23-,24-,25-,26-,27-,28-,29-,30?,31+,32-,33-,34-/m1/s1. The van der Waals surface area contributed by atoms with Crippen molar-refractivity contribution in [3.8, 4) is 0 Å². The van der Waals surface area contributed by atoms with Crippen molar-refractivity contribution >= 4 is 11.8 Å². The Morgan fingerprint density at radius 3 is 1.48 bits per heavy atom. The molecule has 0 aromatic carbocycles. The van der Waals surface area contributed by atoms with Crippen LogP contribution in [0.3, 0.4) is 0 Å². The lowest BCUT2D eigenvalue weighted by molar-refractivity contribution is -0.375. The molecule has 0 spiro atoms. The maximum absolute atomic E-state index is 12.5. The van der Waals surface area contributed by atoms with Crippen LogP contribution in [0.4, 0.5) is 0 Å². The molecule has 5 fully saturated rings. The summed E-state index contributed by atoms with van der Waals surface area (Å²) in [4.78, 5) is 24.8. The maximum Gasteiger partial charge on any atom is 0.217 e. The summed E-state index contributed by atoms with van der Waals surface area (Å²) in [6, 6.07) is -3.26. The van der Waals surface area contributed by atoms with Crippen molar-refractivity contribution in [1.82, 2.24) is 10.6 Å². The van der Waals surface area contributed by atoms with E-state index in [-0.39, 0.29) is 0 Å². The summed E-state index contributed by atoms with van der Waals surface area (Å²) in [6.45, 7) is 0.0602. The van der Waals surface area contributed by atoms with Gasteiger partial charge in [0.1, 0.15) is 116 Å². The van der Waals surface area contributed by atoms with Crippen molar-refractivity contribution in [1.29, 1.82) is 0 Å². The van der Waals surface area contributed by atoms with Crippen molar-refractivity contribution in [2.45, 2.75) is 174 Å². The summed E-state index contributed by atoms with van der Waals surface area (Å²) in [7, 11) is 0. The van der Waals surface area contributed by atoms with Gasteiger partial charge in [-0.3, -0.25) is 9.59 Å². The van der Waals surface area contributed by atoms with Crippen LogP contribution < -0.4 is 10.6 Å². The third-order valence-corrected chi connectivity index (χ3v) is 11.1. The molecule has 5 rings (SSSR count). The summed E-state index contributed by atoms with van der Waals surface area (Å²) in [5.41, 5.74) is 0. The Morgan fingerprint density at radius 2 is 0.902 bits per heavy atom. The zero-order valence-electron chi connectivity index (χ0n) is 33.0. The minimum atomic E-state index is -2.06. The number of aliphatic hydroxyl groups excluding tert-OH is 14. The van der Waals surface area contributed by atoms with Crippen LogP contribution in [-0.4, -0.2) is 263 Å². The van der Waals surface area contributed by atoms with E-state index >= 15 is 0 Å². The zero-order valence-corrected chi connectivity index (χ0v) is 33.0. The van der Waals surface area contributed by atoms with Crippen LogP contribution >= 0.6 is 0 Å². The molecule has 0 aromatic heterocycles. The molecule has 25 atom stereocenters. The molecule has 27 nitrogen and oxygen atoms in total. The van der Waals surface area contributed by atoms with E-state index in [9.17, 15) is 81.1 Å². The molecule has 5 saturated heterocycles. The van der Waals surface area contributed by atoms with Crippen LogP contribution in [0.25, 0.3) is 0 Å². The van der Waals surface area contributed by atoms with Crippen LogP contribution in [-0.2, 0) is 52.2 Å². The Balaban J connectivity index is 1.37. The van der Waals surface area contributed by atoms with Gasteiger partial charge in [0.25, 0.3) is 0 Å². The topological polar surface area (TPSA) is 424 Å². The summed E-state index contributed by atoms with van der Waals surface area (Å²) < 4.78 is 51.4. The zero-order chi connectivity index (χ0) is 45.2. The number of aliphatic hydroxyl groups is 14. The van der Waals surface area contributed by atoms with Crippen LogP contribution in [0.15, 0.2) is 0 Å². The third-order valence-electron chi connectivity index (χ3n) is 11.1. The Bertz CT molecular complexity index is 1420. The highest BCUT2D eigenvalue weighted by Crippen LogP contribution is 2.35. The fraction of sp³-hybridized carbons (Fsp3) is 0.941. The van der Waals surface area contributed by atoms with E-state index in [4.69, 9.17) is 42.6 Å². The molecular weight excluding hydrogens is 836 g/mol. The highest BCUT2D eigenvalue weighted by Gasteiger charge is 2.56. The van der Waals surface area contributed by atoms with Crippen molar-refractivity contribution in [2.75, 3.05) is 26.4 Å².